The summed E-state index contributed by atoms with van der Waals surface area (Å²) in [6, 6.07) is 16.3. The van der Waals surface area contributed by atoms with Crippen LogP contribution in [0, 0.1) is 0 Å². The lowest BCUT2D eigenvalue weighted by atomic mass is 9.98. The van der Waals surface area contributed by atoms with E-state index in [-0.39, 0.29) is 36.9 Å². The first-order valence-electron chi connectivity index (χ1n) is 19.2. The average molecular weight is 700 g/mol. The van der Waals surface area contributed by atoms with Crippen molar-refractivity contribution in [3.8, 4) is 0 Å². The number of hydrogen-bond acceptors (Lipinski definition) is 7. The van der Waals surface area contributed by atoms with E-state index in [1.807, 2.05) is 41.2 Å². The number of rotatable bonds is 18. The normalized spacial score (nSPS) is 20.3. The molecular weight excluding hydrogens is 642 g/mol. The second kappa shape index (κ2) is 19.5. The number of nitrogens with zero attached hydrogens (tertiary/aromatic N) is 4. The van der Waals surface area contributed by atoms with Crippen LogP contribution in [0.15, 0.2) is 60.8 Å². The quantitative estimate of drug-likeness (QED) is 0.142. The molecule has 2 aliphatic heterocycles. The molecular formula is C40H57N7O4. The summed E-state index contributed by atoms with van der Waals surface area (Å²) in [6.07, 6.45) is 14.3. The van der Waals surface area contributed by atoms with Gasteiger partial charge in [0.2, 0.25) is 17.7 Å². The maximum absolute atomic E-state index is 14.1. The number of aliphatic hydroxyl groups excluding tert-OH is 1. The number of benzene rings is 2. The van der Waals surface area contributed by atoms with E-state index in [4.69, 9.17) is 5.11 Å². The Morgan fingerprint density at radius 2 is 1.63 bits per heavy atom. The number of aliphatic hydroxyl groups is 1. The van der Waals surface area contributed by atoms with E-state index in [2.05, 4.69) is 57.5 Å². The number of carbonyl (C=O) groups is 3. The van der Waals surface area contributed by atoms with Crippen LogP contribution in [0.1, 0.15) is 113 Å². The molecule has 0 spiro atoms. The van der Waals surface area contributed by atoms with Gasteiger partial charge in [-0.1, -0.05) is 92.4 Å². The van der Waals surface area contributed by atoms with Crippen molar-refractivity contribution in [2.75, 3.05) is 13.2 Å². The Morgan fingerprint density at radius 3 is 2.33 bits per heavy atom. The van der Waals surface area contributed by atoms with Gasteiger partial charge in [0.05, 0.1) is 24.9 Å². The summed E-state index contributed by atoms with van der Waals surface area (Å²) in [5, 5.41) is 27.2. The Balaban J connectivity index is 1.21. The van der Waals surface area contributed by atoms with Crippen molar-refractivity contribution in [1.29, 1.82) is 0 Å². The molecule has 5 rings (SSSR count). The van der Waals surface area contributed by atoms with Crippen LogP contribution in [0.25, 0.3) is 0 Å². The molecule has 0 saturated carbocycles. The zero-order valence-electron chi connectivity index (χ0n) is 30.4. The summed E-state index contributed by atoms with van der Waals surface area (Å²) in [4.78, 5) is 42.8. The molecule has 0 aliphatic carbocycles. The summed E-state index contributed by atoms with van der Waals surface area (Å²) in [6.45, 7) is 4.88. The highest BCUT2D eigenvalue weighted by atomic mass is 16.3. The van der Waals surface area contributed by atoms with E-state index in [0.29, 0.717) is 18.5 Å². The molecule has 4 N–H and O–H groups in total. The smallest absolute Gasteiger partial charge is 0.246 e. The number of aromatic nitrogens is 3. The number of aryl methyl sites for hydroxylation is 3. The molecule has 3 aromatic rings. The second-order valence-electron chi connectivity index (χ2n) is 14.2. The lowest BCUT2D eigenvalue weighted by molar-refractivity contribution is -0.144. The van der Waals surface area contributed by atoms with Crippen LogP contribution in [0.2, 0.25) is 0 Å². The third-order valence-corrected chi connectivity index (χ3v) is 10.4. The molecule has 2 saturated heterocycles. The van der Waals surface area contributed by atoms with Crippen molar-refractivity contribution in [3.05, 3.63) is 83.2 Å². The Labute approximate surface area is 303 Å². The third kappa shape index (κ3) is 10.7. The monoisotopic (exact) mass is 699 g/mol. The molecule has 1 aromatic heterocycles. The summed E-state index contributed by atoms with van der Waals surface area (Å²) < 4.78 is 1.85. The first kappa shape index (κ1) is 38.1. The van der Waals surface area contributed by atoms with Gasteiger partial charge in [-0.2, -0.15) is 0 Å². The lowest BCUT2D eigenvalue weighted by Gasteiger charge is -2.36. The highest BCUT2D eigenvalue weighted by Crippen LogP contribution is 2.32. The third-order valence-electron chi connectivity index (χ3n) is 10.4. The van der Waals surface area contributed by atoms with Gasteiger partial charge < -0.3 is 26.0 Å². The molecule has 3 amide bonds. The van der Waals surface area contributed by atoms with E-state index >= 15 is 0 Å². The molecule has 5 atom stereocenters. The van der Waals surface area contributed by atoms with E-state index in [1.165, 1.54) is 30.4 Å². The molecule has 3 heterocycles. The Kier molecular flexibility index (Phi) is 14.6. The van der Waals surface area contributed by atoms with Crippen LogP contribution in [-0.2, 0) is 33.8 Å². The maximum Gasteiger partial charge on any atom is 0.246 e. The van der Waals surface area contributed by atoms with Gasteiger partial charge in [-0.05, 0) is 81.4 Å². The summed E-state index contributed by atoms with van der Waals surface area (Å²) in [5.41, 5.74) is 4.30. The van der Waals surface area contributed by atoms with Crippen LogP contribution in [0.4, 0.5) is 0 Å². The molecule has 2 aliphatic rings. The van der Waals surface area contributed by atoms with Crippen LogP contribution in [-0.4, -0.2) is 80.0 Å². The largest absolute Gasteiger partial charge is 0.395 e. The van der Waals surface area contributed by atoms with E-state index in [1.54, 1.807) is 11.8 Å². The van der Waals surface area contributed by atoms with Crippen LogP contribution in [0.5, 0.6) is 0 Å². The van der Waals surface area contributed by atoms with Crippen molar-refractivity contribution < 1.29 is 19.5 Å². The van der Waals surface area contributed by atoms with Crippen molar-refractivity contribution in [3.63, 3.8) is 0 Å². The van der Waals surface area contributed by atoms with Gasteiger partial charge in [0.1, 0.15) is 17.8 Å². The first-order valence-corrected chi connectivity index (χ1v) is 19.2. The number of carbonyl (C=O) groups excluding carboxylic acids is 3. The summed E-state index contributed by atoms with van der Waals surface area (Å²) in [7, 11) is 0. The predicted molar refractivity (Wildman–Crippen MR) is 198 cm³/mol. The van der Waals surface area contributed by atoms with Gasteiger partial charge >= 0.3 is 0 Å². The predicted octanol–water partition coefficient (Wildman–Crippen LogP) is 4.63. The fourth-order valence-corrected chi connectivity index (χ4v) is 7.42. The Bertz CT molecular complexity index is 1530. The highest BCUT2D eigenvalue weighted by Gasteiger charge is 2.44. The fraction of sp³-hybridized carbons (Fsp3) is 0.575. The van der Waals surface area contributed by atoms with Crippen molar-refractivity contribution in [2.24, 2.45) is 0 Å². The number of hydrogen-bond donors (Lipinski definition) is 4. The van der Waals surface area contributed by atoms with E-state index in [9.17, 15) is 14.4 Å². The lowest BCUT2D eigenvalue weighted by Crippen LogP contribution is -2.58. The number of fused-ring (bicyclic) bond motifs is 1. The minimum absolute atomic E-state index is 0.0438. The SMILES string of the molecule is CCCCCc1ccc(CCCCn2cc([C@@H](NC(=O)[C@@H]3CC[C@@H]4CCCC[C@H](NC(=O)[C@H](C)NCCO)C(=O)N43)c3ccccc3)nn2)cc1. The molecule has 11 heteroatoms. The molecule has 0 bridgehead atoms. The Hall–Kier alpha value is -4.09. The molecule has 2 aromatic carbocycles. The fourth-order valence-electron chi connectivity index (χ4n) is 7.42. The van der Waals surface area contributed by atoms with E-state index < -0.39 is 24.2 Å². The van der Waals surface area contributed by atoms with Gasteiger partial charge in [-0.3, -0.25) is 19.1 Å². The highest BCUT2D eigenvalue weighted by molar-refractivity contribution is 5.94. The van der Waals surface area contributed by atoms with Gasteiger partial charge in [0, 0.05) is 19.1 Å². The summed E-state index contributed by atoms with van der Waals surface area (Å²) in [5.74, 6) is -0.724. The minimum atomic E-state index is -0.702. The van der Waals surface area contributed by atoms with Crippen molar-refractivity contribution >= 4 is 17.7 Å². The van der Waals surface area contributed by atoms with Crippen LogP contribution >= 0.6 is 0 Å². The average Bonchev–Trinajstić information content (AvgIpc) is 3.80. The van der Waals surface area contributed by atoms with Crippen LogP contribution < -0.4 is 16.0 Å². The van der Waals surface area contributed by atoms with Gasteiger partial charge in [-0.15, -0.1) is 5.10 Å². The molecule has 0 radical (unpaired) electrons. The maximum atomic E-state index is 14.1. The molecule has 51 heavy (non-hydrogen) atoms. The van der Waals surface area contributed by atoms with Crippen LogP contribution in [0.3, 0.4) is 0 Å². The van der Waals surface area contributed by atoms with Gasteiger partial charge in [0.15, 0.2) is 0 Å². The Morgan fingerprint density at radius 1 is 0.922 bits per heavy atom. The topological polar surface area (TPSA) is 141 Å². The number of unbranched alkanes of at least 4 members (excludes halogenated alkanes) is 3. The first-order chi connectivity index (χ1) is 24.9. The minimum Gasteiger partial charge on any atom is -0.395 e. The summed E-state index contributed by atoms with van der Waals surface area (Å²) >= 11 is 0. The zero-order valence-corrected chi connectivity index (χ0v) is 30.4. The second-order valence-corrected chi connectivity index (χ2v) is 14.2. The molecule has 11 nitrogen and oxygen atoms in total. The van der Waals surface area contributed by atoms with Crippen molar-refractivity contribution in [2.45, 2.75) is 134 Å². The molecule has 276 valence electrons. The standard InChI is InChI=1S/C40H57N7O4/c1-3-4-6-13-30-19-21-31(22-20-30)14-11-12-26-46-28-35(44-45-46)37(32-15-7-5-8-16-32)43-39(50)36-24-23-33-17-9-10-18-34(40(51)47(33)36)42-38(49)29(2)41-25-27-48/h5,7-8,15-16,19-22,28-29,33-34,36-37,41,48H,3-4,6,9-14,17-18,23-27H2,1-2H3,(H,42,49)(H,43,50)/t29-,33-,34-,36-,37-/m0/s1. The zero-order chi connectivity index (χ0) is 36.0. The van der Waals surface area contributed by atoms with Gasteiger partial charge in [-0.25, -0.2) is 0 Å². The van der Waals surface area contributed by atoms with Gasteiger partial charge in [0.25, 0.3) is 0 Å². The molecule has 0 unspecified atom stereocenters. The molecule has 2 fully saturated rings. The van der Waals surface area contributed by atoms with E-state index in [0.717, 1.165) is 63.5 Å². The van der Waals surface area contributed by atoms with Crippen molar-refractivity contribution in [1.82, 2.24) is 35.8 Å². The number of amides is 3. The number of nitrogens with one attached hydrogen (secondary N) is 3.